The van der Waals surface area contributed by atoms with E-state index in [0.717, 1.165) is 5.56 Å². The molecule has 5 nitrogen and oxygen atoms in total. The standard InChI is InChI=1S/C15H18FN3O2/c1-9-15(21)18-14(20)8-19(9)13-5-2-10(6-12(13)16)7-17-11-3-4-11/h2,5-6,9,11,17H,3-4,7-8H2,1H3,(H,18,20,21). The van der Waals surface area contributed by atoms with Crippen LogP contribution in [0.25, 0.3) is 0 Å². The number of carbonyl (C=O) groups excluding carboxylic acids is 2. The summed E-state index contributed by atoms with van der Waals surface area (Å²) in [4.78, 5) is 24.6. The van der Waals surface area contributed by atoms with Crippen molar-refractivity contribution in [3.8, 4) is 0 Å². The number of imide groups is 1. The number of hydrogen-bond acceptors (Lipinski definition) is 4. The van der Waals surface area contributed by atoms with Gasteiger partial charge in [-0.05, 0) is 37.5 Å². The van der Waals surface area contributed by atoms with Gasteiger partial charge in [0.15, 0.2) is 0 Å². The Bertz CT molecular complexity index is 586. The lowest BCUT2D eigenvalue weighted by Crippen LogP contribution is -2.57. The minimum atomic E-state index is -0.562. The van der Waals surface area contributed by atoms with E-state index >= 15 is 0 Å². The number of nitrogens with zero attached hydrogens (tertiary/aromatic N) is 1. The smallest absolute Gasteiger partial charge is 0.249 e. The average Bonchev–Trinajstić information content (AvgIpc) is 3.25. The summed E-state index contributed by atoms with van der Waals surface area (Å²) in [5, 5.41) is 5.57. The Balaban J connectivity index is 1.77. The van der Waals surface area contributed by atoms with Crippen molar-refractivity contribution < 1.29 is 14.0 Å². The molecular formula is C15H18FN3O2. The van der Waals surface area contributed by atoms with Crippen LogP contribution in [0.5, 0.6) is 0 Å². The zero-order chi connectivity index (χ0) is 15.0. The Morgan fingerprint density at radius 2 is 2.14 bits per heavy atom. The number of hydrogen-bond donors (Lipinski definition) is 2. The van der Waals surface area contributed by atoms with Crippen LogP contribution in [-0.4, -0.2) is 30.4 Å². The van der Waals surface area contributed by atoms with Gasteiger partial charge in [-0.1, -0.05) is 6.07 Å². The number of piperazine rings is 1. The van der Waals surface area contributed by atoms with Crippen LogP contribution >= 0.6 is 0 Å². The number of carbonyl (C=O) groups is 2. The fraction of sp³-hybridized carbons (Fsp3) is 0.467. The average molecular weight is 291 g/mol. The van der Waals surface area contributed by atoms with Crippen molar-refractivity contribution in [1.82, 2.24) is 10.6 Å². The van der Waals surface area contributed by atoms with Crippen molar-refractivity contribution in [2.45, 2.75) is 38.4 Å². The molecule has 0 radical (unpaired) electrons. The van der Waals surface area contributed by atoms with Gasteiger partial charge in [-0.2, -0.15) is 0 Å². The molecule has 2 N–H and O–H groups in total. The second-order valence-electron chi connectivity index (χ2n) is 5.66. The third-order valence-corrected chi connectivity index (χ3v) is 3.92. The van der Waals surface area contributed by atoms with Crippen molar-refractivity contribution in [3.05, 3.63) is 29.6 Å². The molecule has 2 fully saturated rings. The van der Waals surface area contributed by atoms with E-state index in [-0.39, 0.29) is 6.54 Å². The van der Waals surface area contributed by atoms with Crippen LogP contribution in [0, 0.1) is 5.82 Å². The molecule has 1 atom stereocenters. The van der Waals surface area contributed by atoms with E-state index in [1.165, 1.54) is 23.8 Å². The highest BCUT2D eigenvalue weighted by molar-refractivity contribution is 6.04. The normalized spacial score (nSPS) is 22.4. The summed E-state index contributed by atoms with van der Waals surface area (Å²) >= 11 is 0. The number of rotatable bonds is 4. The van der Waals surface area contributed by atoms with Crippen LogP contribution in [0.2, 0.25) is 0 Å². The minimum Gasteiger partial charge on any atom is -0.348 e. The molecule has 2 amide bonds. The van der Waals surface area contributed by atoms with Gasteiger partial charge in [-0.3, -0.25) is 14.9 Å². The Hall–Kier alpha value is -1.95. The van der Waals surface area contributed by atoms with Gasteiger partial charge in [0.05, 0.1) is 12.2 Å². The molecule has 3 rings (SSSR count). The zero-order valence-electron chi connectivity index (χ0n) is 11.9. The summed E-state index contributed by atoms with van der Waals surface area (Å²) in [6.07, 6.45) is 2.37. The van der Waals surface area contributed by atoms with E-state index in [1.807, 2.05) is 6.07 Å². The Morgan fingerprint density at radius 1 is 1.38 bits per heavy atom. The van der Waals surface area contributed by atoms with Crippen molar-refractivity contribution in [1.29, 1.82) is 0 Å². The summed E-state index contributed by atoms with van der Waals surface area (Å²) in [5.41, 5.74) is 1.16. The predicted molar refractivity (Wildman–Crippen MR) is 76.2 cm³/mol. The molecule has 2 aliphatic rings. The van der Waals surface area contributed by atoms with E-state index in [1.54, 1.807) is 13.0 Å². The highest BCUT2D eigenvalue weighted by Gasteiger charge is 2.31. The fourth-order valence-electron chi connectivity index (χ4n) is 2.45. The fourth-order valence-corrected chi connectivity index (χ4v) is 2.45. The second kappa shape index (κ2) is 5.44. The van der Waals surface area contributed by atoms with E-state index in [2.05, 4.69) is 10.6 Å². The SMILES string of the molecule is CC1C(=O)NC(=O)CN1c1ccc(CNC2CC2)cc1F. The Morgan fingerprint density at radius 3 is 2.81 bits per heavy atom. The quantitative estimate of drug-likeness (QED) is 0.810. The lowest BCUT2D eigenvalue weighted by Gasteiger charge is -2.33. The zero-order valence-corrected chi connectivity index (χ0v) is 11.9. The molecule has 1 saturated heterocycles. The maximum Gasteiger partial charge on any atom is 0.249 e. The van der Waals surface area contributed by atoms with E-state index < -0.39 is 23.7 Å². The Kier molecular flexibility index (Phi) is 3.63. The third kappa shape index (κ3) is 3.05. The van der Waals surface area contributed by atoms with Gasteiger partial charge >= 0.3 is 0 Å². The first-order valence-electron chi connectivity index (χ1n) is 7.17. The summed E-state index contributed by atoms with van der Waals surface area (Å²) in [7, 11) is 0. The highest BCUT2D eigenvalue weighted by Crippen LogP contribution is 2.25. The molecule has 1 saturated carbocycles. The molecule has 1 aliphatic heterocycles. The molecule has 1 unspecified atom stereocenters. The molecule has 1 aromatic carbocycles. The van der Waals surface area contributed by atoms with Crippen molar-refractivity contribution in [3.63, 3.8) is 0 Å². The summed E-state index contributed by atoms with van der Waals surface area (Å²) in [6, 6.07) is 4.94. The molecule has 6 heteroatoms. The molecular weight excluding hydrogens is 273 g/mol. The molecule has 1 aromatic rings. The van der Waals surface area contributed by atoms with Crippen LogP contribution in [-0.2, 0) is 16.1 Å². The number of anilines is 1. The molecule has 112 valence electrons. The summed E-state index contributed by atoms with van der Waals surface area (Å²) in [5.74, 6) is -1.21. The van der Waals surface area contributed by atoms with Crippen LogP contribution in [0.4, 0.5) is 10.1 Å². The van der Waals surface area contributed by atoms with Crippen molar-refractivity contribution in [2.75, 3.05) is 11.4 Å². The van der Waals surface area contributed by atoms with Gasteiger partial charge in [0.25, 0.3) is 0 Å². The van der Waals surface area contributed by atoms with E-state index in [9.17, 15) is 14.0 Å². The monoisotopic (exact) mass is 291 g/mol. The molecule has 21 heavy (non-hydrogen) atoms. The molecule has 0 aromatic heterocycles. The van der Waals surface area contributed by atoms with Crippen LogP contribution < -0.4 is 15.5 Å². The third-order valence-electron chi connectivity index (χ3n) is 3.92. The van der Waals surface area contributed by atoms with Gasteiger partial charge in [0, 0.05) is 12.6 Å². The maximum absolute atomic E-state index is 14.3. The van der Waals surface area contributed by atoms with Gasteiger partial charge in [-0.15, -0.1) is 0 Å². The number of halogens is 1. The highest BCUT2D eigenvalue weighted by atomic mass is 19.1. The van der Waals surface area contributed by atoms with Crippen LogP contribution in [0.1, 0.15) is 25.3 Å². The van der Waals surface area contributed by atoms with E-state index in [0.29, 0.717) is 18.3 Å². The molecule has 1 heterocycles. The first-order valence-corrected chi connectivity index (χ1v) is 7.17. The Labute approximate surface area is 122 Å². The summed E-state index contributed by atoms with van der Waals surface area (Å²) in [6.45, 7) is 2.28. The predicted octanol–water partition coefficient (Wildman–Crippen LogP) is 0.929. The first-order chi connectivity index (χ1) is 10.0. The minimum absolute atomic E-state index is 0.0104. The van der Waals surface area contributed by atoms with Gasteiger partial charge < -0.3 is 10.2 Å². The topological polar surface area (TPSA) is 61.4 Å². The first kappa shape index (κ1) is 14.0. The largest absolute Gasteiger partial charge is 0.348 e. The second-order valence-corrected chi connectivity index (χ2v) is 5.66. The molecule has 0 bridgehead atoms. The summed E-state index contributed by atoms with van der Waals surface area (Å²) < 4.78 is 14.3. The van der Waals surface area contributed by atoms with Gasteiger partial charge in [0.2, 0.25) is 11.8 Å². The number of nitrogens with one attached hydrogen (secondary N) is 2. The van der Waals surface area contributed by atoms with Gasteiger partial charge in [0.1, 0.15) is 11.9 Å². The number of benzene rings is 1. The van der Waals surface area contributed by atoms with Crippen molar-refractivity contribution >= 4 is 17.5 Å². The number of amides is 2. The van der Waals surface area contributed by atoms with Crippen molar-refractivity contribution in [2.24, 2.45) is 0 Å². The molecule has 1 aliphatic carbocycles. The van der Waals surface area contributed by atoms with Crippen LogP contribution in [0.15, 0.2) is 18.2 Å². The molecule has 0 spiro atoms. The van der Waals surface area contributed by atoms with Gasteiger partial charge in [-0.25, -0.2) is 4.39 Å². The lowest BCUT2D eigenvalue weighted by molar-refractivity contribution is -0.132. The maximum atomic E-state index is 14.3. The lowest BCUT2D eigenvalue weighted by atomic mass is 10.1. The van der Waals surface area contributed by atoms with Crippen LogP contribution in [0.3, 0.4) is 0 Å². The van der Waals surface area contributed by atoms with E-state index in [4.69, 9.17) is 0 Å².